The number of piperidine rings is 2. The lowest BCUT2D eigenvalue weighted by Crippen LogP contribution is -2.45. The number of para-hydroxylation sites is 1. The minimum absolute atomic E-state index is 0.210. The van der Waals surface area contributed by atoms with Gasteiger partial charge in [0.2, 0.25) is 11.8 Å². The van der Waals surface area contributed by atoms with Gasteiger partial charge in [-0.3, -0.25) is 33.8 Å². The molecular formula is C41H48N10O5. The van der Waals surface area contributed by atoms with Crippen LogP contribution >= 0.6 is 0 Å². The van der Waals surface area contributed by atoms with Crippen LogP contribution < -0.4 is 26.5 Å². The summed E-state index contributed by atoms with van der Waals surface area (Å²) in [6.07, 6.45) is 14.7. The van der Waals surface area contributed by atoms with Crippen molar-refractivity contribution in [2.75, 3.05) is 38.7 Å². The smallest absolute Gasteiger partial charge is 0.329 e. The zero-order valence-corrected chi connectivity index (χ0v) is 32.0. The predicted molar refractivity (Wildman–Crippen MR) is 211 cm³/mol. The number of amides is 3. The van der Waals surface area contributed by atoms with Gasteiger partial charge in [0.05, 0.1) is 46.4 Å². The maximum atomic E-state index is 13.4. The molecule has 1 unspecified atom stereocenters. The molecule has 1 atom stereocenters. The van der Waals surface area contributed by atoms with E-state index in [2.05, 4.69) is 43.8 Å². The highest BCUT2D eigenvalue weighted by molar-refractivity contribution is 6.10. The molecule has 15 heteroatoms. The first-order chi connectivity index (χ1) is 27.0. The van der Waals surface area contributed by atoms with Gasteiger partial charge in [0.15, 0.2) is 0 Å². The molecule has 4 aliphatic rings. The van der Waals surface area contributed by atoms with Crippen molar-refractivity contribution in [3.63, 3.8) is 0 Å². The number of nitrogens with zero attached hydrogens (tertiary/aromatic N) is 6. The summed E-state index contributed by atoms with van der Waals surface area (Å²) < 4.78 is 8.62. The second-order valence-corrected chi connectivity index (χ2v) is 15.2. The van der Waals surface area contributed by atoms with Gasteiger partial charge in [0.1, 0.15) is 17.9 Å². The van der Waals surface area contributed by atoms with Crippen molar-refractivity contribution in [3.05, 3.63) is 93.7 Å². The quantitative estimate of drug-likeness (QED) is 0.223. The van der Waals surface area contributed by atoms with Gasteiger partial charge in [0, 0.05) is 75.4 Å². The summed E-state index contributed by atoms with van der Waals surface area (Å²) in [7, 11) is 5.47. The van der Waals surface area contributed by atoms with Crippen LogP contribution in [0.5, 0.6) is 0 Å². The number of hydrogen-bond donors (Lipinski definition) is 4. The summed E-state index contributed by atoms with van der Waals surface area (Å²) >= 11 is 0. The van der Waals surface area contributed by atoms with E-state index in [0.717, 1.165) is 69.4 Å². The molecule has 2 aromatic heterocycles. The molecule has 2 aliphatic carbocycles. The number of methoxy groups -OCH3 is 1. The molecule has 0 bridgehead atoms. The van der Waals surface area contributed by atoms with Gasteiger partial charge in [0.25, 0.3) is 5.91 Å². The number of pyridine rings is 1. The number of nitriles is 1. The maximum Gasteiger partial charge on any atom is 0.329 e. The number of allylic oxidation sites excluding steroid dienone is 3. The maximum absolute atomic E-state index is 13.4. The first-order valence-corrected chi connectivity index (χ1v) is 19.2. The first-order valence-electron chi connectivity index (χ1n) is 19.2. The molecular weight excluding hydrogens is 713 g/mol. The molecule has 3 amide bonds. The van der Waals surface area contributed by atoms with Crippen LogP contribution in [0, 0.1) is 22.7 Å². The summed E-state index contributed by atoms with van der Waals surface area (Å²) in [4.78, 5) is 59.7. The first kappa shape index (κ1) is 38.3. The SMILES string of the molecule is COC1=CC(=N)/C(=C\N[C@H]2CC[C@H](CN(C)C3CCN(c4cccc5c4n(C)c(=O)n5C4CCC(=O)NC4=O)CC3)CC2)C=C1NC(=O)c1cncc(C#N)c1. The molecule has 15 nitrogen and oxygen atoms in total. The van der Waals surface area contributed by atoms with E-state index in [1.165, 1.54) is 25.6 Å². The number of rotatable bonds is 10. The van der Waals surface area contributed by atoms with E-state index in [0.29, 0.717) is 40.9 Å². The average molecular weight is 761 g/mol. The number of aromatic nitrogens is 3. The van der Waals surface area contributed by atoms with Gasteiger partial charge in [-0.05, 0) is 82.2 Å². The van der Waals surface area contributed by atoms with E-state index < -0.39 is 17.9 Å². The number of ether oxygens (including phenoxy) is 1. The summed E-state index contributed by atoms with van der Waals surface area (Å²) in [5.74, 6) is -0.200. The lowest BCUT2D eigenvalue weighted by Gasteiger charge is -2.40. The van der Waals surface area contributed by atoms with Gasteiger partial charge >= 0.3 is 5.69 Å². The molecule has 2 saturated heterocycles. The van der Waals surface area contributed by atoms with Crippen molar-refractivity contribution in [1.82, 2.24) is 35.0 Å². The molecule has 4 heterocycles. The summed E-state index contributed by atoms with van der Waals surface area (Å²) in [6, 6.07) is 9.38. The van der Waals surface area contributed by atoms with Crippen LogP contribution in [-0.2, 0) is 21.4 Å². The molecule has 3 aromatic rings. The topological polar surface area (TPSA) is 190 Å². The van der Waals surface area contributed by atoms with Crippen molar-refractivity contribution in [2.24, 2.45) is 13.0 Å². The third-order valence-electron chi connectivity index (χ3n) is 11.6. The molecule has 1 saturated carbocycles. The van der Waals surface area contributed by atoms with Crippen LogP contribution in [0.4, 0.5) is 5.69 Å². The molecule has 7 rings (SSSR count). The number of nitrogens with one attached hydrogen (secondary N) is 4. The van der Waals surface area contributed by atoms with Gasteiger partial charge < -0.3 is 30.6 Å². The van der Waals surface area contributed by atoms with Crippen molar-refractivity contribution >= 4 is 40.2 Å². The number of carbonyl (C=O) groups excluding carboxylic acids is 3. The second kappa shape index (κ2) is 16.4. The molecule has 2 aliphatic heterocycles. The molecule has 292 valence electrons. The number of fused-ring (bicyclic) bond motifs is 1. The van der Waals surface area contributed by atoms with E-state index in [1.807, 2.05) is 24.4 Å². The lowest BCUT2D eigenvalue weighted by molar-refractivity contribution is -0.135. The van der Waals surface area contributed by atoms with Crippen LogP contribution in [0.2, 0.25) is 0 Å². The Morgan fingerprint density at radius 3 is 2.59 bits per heavy atom. The van der Waals surface area contributed by atoms with E-state index in [4.69, 9.17) is 10.1 Å². The Morgan fingerprint density at radius 2 is 1.88 bits per heavy atom. The molecule has 0 radical (unpaired) electrons. The number of benzene rings is 1. The molecule has 0 spiro atoms. The summed E-state index contributed by atoms with van der Waals surface area (Å²) in [6.45, 7) is 2.75. The molecule has 56 heavy (non-hydrogen) atoms. The fraction of sp³-hybridized carbons (Fsp3) is 0.439. The fourth-order valence-corrected chi connectivity index (χ4v) is 8.53. The summed E-state index contributed by atoms with van der Waals surface area (Å²) in [5, 5.41) is 26.5. The fourth-order valence-electron chi connectivity index (χ4n) is 8.53. The summed E-state index contributed by atoms with van der Waals surface area (Å²) in [5.41, 5.74) is 4.12. The number of anilines is 1. The Bertz CT molecular complexity index is 2250. The number of imidazole rings is 1. The van der Waals surface area contributed by atoms with E-state index in [-0.39, 0.29) is 40.9 Å². The van der Waals surface area contributed by atoms with Crippen LogP contribution in [0.3, 0.4) is 0 Å². The van der Waals surface area contributed by atoms with Crippen molar-refractivity contribution in [3.8, 4) is 6.07 Å². The minimum Gasteiger partial charge on any atom is -0.494 e. The average Bonchev–Trinajstić information content (AvgIpc) is 3.46. The number of carbonyl (C=O) groups is 3. The molecule has 1 aromatic carbocycles. The molecule has 4 N–H and O–H groups in total. The van der Waals surface area contributed by atoms with Gasteiger partial charge in [-0.25, -0.2) is 4.79 Å². The monoisotopic (exact) mass is 760 g/mol. The Morgan fingerprint density at radius 1 is 1.11 bits per heavy atom. The number of aryl methyl sites for hydroxylation is 1. The Labute approximate surface area is 325 Å². The van der Waals surface area contributed by atoms with Crippen molar-refractivity contribution in [1.29, 1.82) is 10.7 Å². The third kappa shape index (κ3) is 7.88. The zero-order chi connectivity index (χ0) is 39.5. The van der Waals surface area contributed by atoms with E-state index in [1.54, 1.807) is 28.3 Å². The van der Waals surface area contributed by atoms with E-state index in [9.17, 15) is 24.4 Å². The number of hydrogen-bond acceptors (Lipinski definition) is 11. The lowest BCUT2D eigenvalue weighted by atomic mass is 9.85. The van der Waals surface area contributed by atoms with Gasteiger partial charge in [-0.2, -0.15) is 5.26 Å². The zero-order valence-electron chi connectivity index (χ0n) is 32.0. The normalized spacial score (nSPS) is 22.8. The third-order valence-corrected chi connectivity index (χ3v) is 11.6. The second-order valence-electron chi connectivity index (χ2n) is 15.2. The Hall–Kier alpha value is -6.01. The van der Waals surface area contributed by atoms with Crippen LogP contribution in [-0.4, -0.2) is 88.3 Å². The van der Waals surface area contributed by atoms with Crippen LogP contribution in [0.1, 0.15) is 73.3 Å². The van der Waals surface area contributed by atoms with E-state index >= 15 is 0 Å². The highest BCUT2D eigenvalue weighted by atomic mass is 16.5. The van der Waals surface area contributed by atoms with Gasteiger partial charge in [-0.1, -0.05) is 6.07 Å². The number of imide groups is 1. The standard InChI is InChI=1S/C41H48N10O5/c1-48(30-13-15-50(16-14-30)33-5-4-6-34-38(33)49(2)41(55)51(34)35-11-12-37(52)47-40(35)54)24-25-7-9-29(10-8-25)45-23-27-18-32(36(56-3)19-31(27)43)46-39(53)28-17-26(20-42)21-44-22-28/h4-6,17-19,21-23,25,29-30,35,43,45H,7-16,24H2,1-3H3,(H,46,53)(H,47,52,54)/b27-23-,43-31?/t25-,29-,35?. The van der Waals surface area contributed by atoms with Crippen LogP contribution in [0.15, 0.2) is 76.8 Å². The Kier molecular flexibility index (Phi) is 11.2. The largest absolute Gasteiger partial charge is 0.494 e. The minimum atomic E-state index is -0.707. The highest BCUT2D eigenvalue weighted by Gasteiger charge is 2.33. The Balaban J connectivity index is 0.910. The predicted octanol–water partition coefficient (Wildman–Crippen LogP) is 3.39. The van der Waals surface area contributed by atoms with Crippen LogP contribution in [0.25, 0.3) is 11.0 Å². The van der Waals surface area contributed by atoms with Gasteiger partial charge in [-0.15, -0.1) is 0 Å². The van der Waals surface area contributed by atoms with Crippen molar-refractivity contribution in [2.45, 2.75) is 69.5 Å². The highest BCUT2D eigenvalue weighted by Crippen LogP contribution is 2.33. The molecule has 3 fully saturated rings. The van der Waals surface area contributed by atoms with Crippen molar-refractivity contribution < 1.29 is 19.1 Å².